The fourth-order valence-corrected chi connectivity index (χ4v) is 3.14. The molecule has 1 N–H and O–H groups in total. The molecule has 0 atom stereocenters. The van der Waals surface area contributed by atoms with E-state index in [1.54, 1.807) is 30.5 Å². The van der Waals surface area contributed by atoms with Crippen LogP contribution >= 0.6 is 11.6 Å². The fraction of sp³-hybridized carbons (Fsp3) is 0. The number of carbonyl (C=O) groups is 1. The van der Waals surface area contributed by atoms with Crippen molar-refractivity contribution in [2.24, 2.45) is 0 Å². The van der Waals surface area contributed by atoms with Crippen LogP contribution in [-0.2, 0) is 0 Å². The minimum absolute atomic E-state index is 0.252. The van der Waals surface area contributed by atoms with E-state index in [0.717, 1.165) is 22.3 Å². The SMILES string of the molecule is O=C(Nc1ccncn1)c1ccc(Cl)c(-c2ccc(-c3ccccc3)cc2)c1. The van der Waals surface area contributed by atoms with Gasteiger partial charge in [0.25, 0.3) is 5.91 Å². The normalized spacial score (nSPS) is 10.5. The first kappa shape index (κ1) is 17.9. The molecule has 3 aromatic carbocycles. The highest BCUT2D eigenvalue weighted by atomic mass is 35.5. The summed E-state index contributed by atoms with van der Waals surface area (Å²) in [5.74, 6) is 0.196. The van der Waals surface area contributed by atoms with Crippen LogP contribution in [0.1, 0.15) is 10.4 Å². The highest BCUT2D eigenvalue weighted by Crippen LogP contribution is 2.31. The summed E-state index contributed by atoms with van der Waals surface area (Å²) in [5, 5.41) is 3.34. The number of rotatable bonds is 4. The molecule has 0 spiro atoms. The van der Waals surface area contributed by atoms with Gasteiger partial charge < -0.3 is 5.32 Å². The maximum Gasteiger partial charge on any atom is 0.256 e. The second-order valence-corrected chi connectivity index (χ2v) is 6.59. The number of hydrogen-bond acceptors (Lipinski definition) is 3. The molecule has 28 heavy (non-hydrogen) atoms. The third-order valence-corrected chi connectivity index (χ3v) is 4.68. The third kappa shape index (κ3) is 3.92. The molecule has 0 aliphatic carbocycles. The van der Waals surface area contributed by atoms with Gasteiger partial charge in [0, 0.05) is 22.3 Å². The fourth-order valence-electron chi connectivity index (χ4n) is 2.91. The summed E-state index contributed by atoms with van der Waals surface area (Å²) < 4.78 is 0. The standard InChI is InChI=1S/C23H16ClN3O/c24-21-11-10-19(23(28)27-22-12-13-25-15-26-22)14-20(21)18-8-6-17(7-9-18)16-4-2-1-3-5-16/h1-15H,(H,25,26,27,28). The Bertz CT molecular complexity index is 1100. The summed E-state index contributed by atoms with van der Waals surface area (Å²) in [5.41, 5.74) is 4.53. The molecule has 1 heterocycles. The Balaban J connectivity index is 1.61. The van der Waals surface area contributed by atoms with Crippen LogP contribution in [0.2, 0.25) is 5.02 Å². The van der Waals surface area contributed by atoms with Crippen molar-refractivity contribution >= 4 is 23.3 Å². The van der Waals surface area contributed by atoms with Crippen LogP contribution in [0.3, 0.4) is 0 Å². The lowest BCUT2D eigenvalue weighted by Crippen LogP contribution is -2.13. The molecule has 0 fully saturated rings. The van der Waals surface area contributed by atoms with Crippen molar-refractivity contribution in [2.45, 2.75) is 0 Å². The first-order chi connectivity index (χ1) is 13.7. The van der Waals surface area contributed by atoms with E-state index in [1.165, 1.54) is 6.33 Å². The van der Waals surface area contributed by atoms with Crippen LogP contribution in [-0.4, -0.2) is 15.9 Å². The molecule has 0 unspecified atom stereocenters. The average Bonchev–Trinajstić information content (AvgIpc) is 2.75. The van der Waals surface area contributed by atoms with E-state index in [1.807, 2.05) is 30.3 Å². The van der Waals surface area contributed by atoms with Crippen molar-refractivity contribution < 1.29 is 4.79 Å². The number of carbonyl (C=O) groups excluding carboxylic acids is 1. The lowest BCUT2D eigenvalue weighted by atomic mass is 9.99. The lowest BCUT2D eigenvalue weighted by Gasteiger charge is -2.10. The number of nitrogens with one attached hydrogen (secondary N) is 1. The average molecular weight is 386 g/mol. The Labute approximate surface area is 167 Å². The van der Waals surface area contributed by atoms with Crippen molar-refractivity contribution in [1.82, 2.24) is 9.97 Å². The van der Waals surface area contributed by atoms with Crippen molar-refractivity contribution in [3.05, 3.63) is 102 Å². The van der Waals surface area contributed by atoms with Crippen molar-refractivity contribution in [2.75, 3.05) is 5.32 Å². The van der Waals surface area contributed by atoms with Crippen molar-refractivity contribution in [1.29, 1.82) is 0 Å². The maximum absolute atomic E-state index is 12.5. The molecule has 0 saturated heterocycles. The quantitative estimate of drug-likeness (QED) is 0.489. The Morgan fingerprint density at radius 2 is 1.54 bits per heavy atom. The topological polar surface area (TPSA) is 54.9 Å². The van der Waals surface area contributed by atoms with E-state index in [9.17, 15) is 4.79 Å². The molecule has 4 nitrogen and oxygen atoms in total. The summed E-state index contributed by atoms with van der Waals surface area (Å²) in [6.45, 7) is 0. The second-order valence-electron chi connectivity index (χ2n) is 6.19. The minimum Gasteiger partial charge on any atom is -0.306 e. The maximum atomic E-state index is 12.5. The zero-order valence-corrected chi connectivity index (χ0v) is 15.6. The minimum atomic E-state index is -0.252. The van der Waals surface area contributed by atoms with Gasteiger partial charge in [-0.1, -0.05) is 66.2 Å². The number of benzene rings is 3. The van der Waals surface area contributed by atoms with Crippen LogP contribution < -0.4 is 5.32 Å². The van der Waals surface area contributed by atoms with Crippen LogP contribution in [0.15, 0.2) is 91.4 Å². The Morgan fingerprint density at radius 1 is 0.821 bits per heavy atom. The van der Waals surface area contributed by atoms with Gasteiger partial charge in [0.05, 0.1) is 0 Å². The smallest absolute Gasteiger partial charge is 0.256 e. The first-order valence-electron chi connectivity index (χ1n) is 8.73. The second kappa shape index (κ2) is 8.03. The molecule has 1 amide bonds. The Kier molecular flexibility index (Phi) is 5.13. The van der Waals surface area contributed by atoms with Gasteiger partial charge in [0.2, 0.25) is 0 Å². The molecule has 0 aliphatic rings. The van der Waals surface area contributed by atoms with Crippen LogP contribution in [0.4, 0.5) is 5.82 Å². The van der Waals surface area contributed by atoms with Crippen molar-refractivity contribution in [3.63, 3.8) is 0 Å². The first-order valence-corrected chi connectivity index (χ1v) is 9.11. The summed E-state index contributed by atoms with van der Waals surface area (Å²) >= 11 is 6.40. The zero-order valence-electron chi connectivity index (χ0n) is 14.8. The number of amides is 1. The number of aromatic nitrogens is 2. The van der Waals surface area contributed by atoms with Gasteiger partial charge in [-0.15, -0.1) is 0 Å². The number of halogens is 1. The van der Waals surface area contributed by atoms with Crippen LogP contribution in [0, 0.1) is 0 Å². The van der Waals surface area contributed by atoms with Crippen molar-refractivity contribution in [3.8, 4) is 22.3 Å². The highest BCUT2D eigenvalue weighted by Gasteiger charge is 2.11. The van der Waals surface area contributed by atoms with Crippen LogP contribution in [0.25, 0.3) is 22.3 Å². The lowest BCUT2D eigenvalue weighted by molar-refractivity contribution is 0.102. The highest BCUT2D eigenvalue weighted by molar-refractivity contribution is 6.33. The van der Waals surface area contributed by atoms with Gasteiger partial charge in [-0.3, -0.25) is 4.79 Å². The molecule has 1 aromatic heterocycles. The molecule has 0 radical (unpaired) electrons. The Morgan fingerprint density at radius 3 is 2.25 bits per heavy atom. The molecule has 0 bridgehead atoms. The summed E-state index contributed by atoms with van der Waals surface area (Å²) in [6, 6.07) is 25.1. The van der Waals surface area contributed by atoms with Gasteiger partial charge in [-0.25, -0.2) is 9.97 Å². The predicted octanol–water partition coefficient (Wildman–Crippen LogP) is 5.72. The summed E-state index contributed by atoms with van der Waals surface area (Å²) in [7, 11) is 0. The number of hydrogen-bond donors (Lipinski definition) is 1. The molecule has 4 aromatic rings. The molecule has 0 saturated carbocycles. The van der Waals surface area contributed by atoms with E-state index in [4.69, 9.17) is 11.6 Å². The van der Waals surface area contributed by atoms with Gasteiger partial charge in [-0.2, -0.15) is 0 Å². The van der Waals surface area contributed by atoms with E-state index in [0.29, 0.717) is 16.4 Å². The third-order valence-electron chi connectivity index (χ3n) is 4.36. The Hall–Kier alpha value is -3.50. The molecule has 5 heteroatoms. The molecular weight excluding hydrogens is 370 g/mol. The van der Waals surface area contributed by atoms with E-state index >= 15 is 0 Å². The predicted molar refractivity (Wildman–Crippen MR) is 112 cm³/mol. The van der Waals surface area contributed by atoms with Gasteiger partial charge >= 0.3 is 0 Å². The molecular formula is C23H16ClN3O. The van der Waals surface area contributed by atoms with E-state index in [-0.39, 0.29) is 5.91 Å². The summed E-state index contributed by atoms with van der Waals surface area (Å²) in [4.78, 5) is 20.4. The largest absolute Gasteiger partial charge is 0.306 e. The van der Waals surface area contributed by atoms with E-state index < -0.39 is 0 Å². The van der Waals surface area contributed by atoms with E-state index in [2.05, 4.69) is 39.6 Å². The molecule has 4 rings (SSSR count). The zero-order chi connectivity index (χ0) is 19.3. The van der Waals surface area contributed by atoms with Gasteiger partial charge in [0.15, 0.2) is 0 Å². The van der Waals surface area contributed by atoms with Gasteiger partial charge in [-0.05, 0) is 41.0 Å². The molecule has 0 aliphatic heterocycles. The summed E-state index contributed by atoms with van der Waals surface area (Å²) in [6.07, 6.45) is 2.96. The number of nitrogens with zero attached hydrogens (tertiary/aromatic N) is 2. The van der Waals surface area contributed by atoms with Gasteiger partial charge in [0.1, 0.15) is 12.1 Å². The monoisotopic (exact) mass is 385 g/mol. The molecule has 136 valence electrons. The number of anilines is 1. The van der Waals surface area contributed by atoms with Crippen LogP contribution in [0.5, 0.6) is 0 Å².